The number of carbonyl (C=O) groups is 1. The number of para-hydroxylation sites is 1. The van der Waals surface area contributed by atoms with E-state index >= 15 is 0 Å². The molecular formula is C21H21FN4O4S. The summed E-state index contributed by atoms with van der Waals surface area (Å²) in [5.74, 6) is -1.41. The molecular weight excluding hydrogens is 423 g/mol. The Labute approximate surface area is 179 Å². The van der Waals surface area contributed by atoms with E-state index in [1.807, 2.05) is 0 Å². The van der Waals surface area contributed by atoms with Gasteiger partial charge in [-0.2, -0.15) is 5.10 Å². The number of aryl methyl sites for hydroxylation is 2. The Morgan fingerprint density at radius 1 is 1.10 bits per heavy atom. The number of nitrogens with zero attached hydrogens (tertiary/aromatic N) is 3. The van der Waals surface area contributed by atoms with Crippen molar-refractivity contribution in [2.75, 3.05) is 19.4 Å². The normalized spacial score (nSPS) is 11.5. The zero-order valence-corrected chi connectivity index (χ0v) is 18.2. The molecule has 1 N–H and O–H groups in total. The Morgan fingerprint density at radius 3 is 2.42 bits per heavy atom. The molecule has 0 bridgehead atoms. The molecule has 0 spiro atoms. The molecule has 0 aliphatic carbocycles. The van der Waals surface area contributed by atoms with Gasteiger partial charge >= 0.3 is 0 Å². The van der Waals surface area contributed by atoms with Gasteiger partial charge in [0.15, 0.2) is 5.69 Å². The van der Waals surface area contributed by atoms with Crippen molar-refractivity contribution in [2.24, 2.45) is 0 Å². The summed E-state index contributed by atoms with van der Waals surface area (Å²) in [6.07, 6.45) is 0. The number of amides is 1. The molecule has 2 aromatic carbocycles. The number of nitrogens with one attached hydrogen (secondary N) is 1. The Balaban J connectivity index is 2.01. The largest absolute Gasteiger partial charge is 0.320 e. The number of halogens is 1. The first-order valence-corrected chi connectivity index (χ1v) is 10.7. The minimum absolute atomic E-state index is 0.0240. The fraction of sp³-hybridized carbons (Fsp3) is 0.190. The first-order valence-electron chi connectivity index (χ1n) is 9.23. The lowest BCUT2D eigenvalue weighted by molar-refractivity contribution is 0.101. The van der Waals surface area contributed by atoms with Crippen molar-refractivity contribution in [1.29, 1.82) is 0 Å². The van der Waals surface area contributed by atoms with Gasteiger partial charge in [0, 0.05) is 31.5 Å². The molecule has 0 aliphatic heterocycles. The summed E-state index contributed by atoms with van der Waals surface area (Å²) < 4.78 is 41.4. The molecule has 10 heteroatoms. The summed E-state index contributed by atoms with van der Waals surface area (Å²) in [6.45, 7) is 3.21. The van der Waals surface area contributed by atoms with Crippen molar-refractivity contribution in [3.05, 3.63) is 81.5 Å². The van der Waals surface area contributed by atoms with E-state index in [4.69, 9.17) is 0 Å². The fourth-order valence-electron chi connectivity index (χ4n) is 2.91. The van der Waals surface area contributed by atoms with Crippen molar-refractivity contribution in [3.63, 3.8) is 0 Å². The van der Waals surface area contributed by atoms with Gasteiger partial charge in [0.25, 0.3) is 5.91 Å². The molecule has 3 rings (SSSR count). The van der Waals surface area contributed by atoms with Crippen LogP contribution < -0.4 is 10.7 Å². The smallest absolute Gasteiger partial charge is 0.280 e. The molecule has 0 unspecified atom stereocenters. The van der Waals surface area contributed by atoms with E-state index < -0.39 is 32.9 Å². The lowest BCUT2D eigenvalue weighted by Crippen LogP contribution is -2.27. The van der Waals surface area contributed by atoms with Crippen molar-refractivity contribution >= 4 is 21.6 Å². The van der Waals surface area contributed by atoms with Crippen LogP contribution in [0.15, 0.2) is 58.2 Å². The standard InChI is InChI=1S/C21H21FN4O4S/c1-13-9-10-15(12-19(13)31(29,30)25(3)4)23-21(28)20-18(27)11-14(2)26(24-20)17-8-6-5-7-16(17)22/h5-12H,1-4H3,(H,23,28). The molecule has 1 amide bonds. The zero-order valence-electron chi connectivity index (χ0n) is 17.4. The molecule has 0 radical (unpaired) electrons. The van der Waals surface area contributed by atoms with Crippen molar-refractivity contribution in [1.82, 2.24) is 14.1 Å². The van der Waals surface area contributed by atoms with Crippen LogP contribution in [-0.4, -0.2) is 42.5 Å². The Bertz CT molecular complexity index is 1330. The van der Waals surface area contributed by atoms with E-state index in [0.29, 0.717) is 11.3 Å². The Kier molecular flexibility index (Phi) is 6.05. The second-order valence-electron chi connectivity index (χ2n) is 7.08. The maximum atomic E-state index is 14.2. The van der Waals surface area contributed by atoms with Crippen LogP contribution in [0.5, 0.6) is 0 Å². The lowest BCUT2D eigenvalue weighted by atomic mass is 10.2. The average Bonchev–Trinajstić information content (AvgIpc) is 2.70. The van der Waals surface area contributed by atoms with Crippen LogP contribution in [0.4, 0.5) is 10.1 Å². The molecule has 1 aromatic heterocycles. The van der Waals surface area contributed by atoms with Gasteiger partial charge in [-0.05, 0) is 43.7 Å². The highest BCUT2D eigenvalue weighted by molar-refractivity contribution is 7.89. The molecule has 31 heavy (non-hydrogen) atoms. The summed E-state index contributed by atoms with van der Waals surface area (Å²) >= 11 is 0. The van der Waals surface area contributed by atoms with Crippen LogP contribution >= 0.6 is 0 Å². The van der Waals surface area contributed by atoms with Crippen LogP contribution in [0.25, 0.3) is 5.69 Å². The number of aromatic nitrogens is 2. The topological polar surface area (TPSA) is 101 Å². The van der Waals surface area contributed by atoms with Gasteiger partial charge in [0.1, 0.15) is 11.5 Å². The summed E-state index contributed by atoms with van der Waals surface area (Å²) in [6, 6.07) is 11.4. The number of anilines is 1. The van der Waals surface area contributed by atoms with Gasteiger partial charge in [-0.1, -0.05) is 18.2 Å². The highest BCUT2D eigenvalue weighted by Crippen LogP contribution is 2.22. The van der Waals surface area contributed by atoms with E-state index in [9.17, 15) is 22.4 Å². The molecule has 0 saturated carbocycles. The number of benzene rings is 2. The number of carbonyl (C=O) groups excluding carboxylic acids is 1. The van der Waals surface area contributed by atoms with Crippen LogP contribution in [0.2, 0.25) is 0 Å². The van der Waals surface area contributed by atoms with Crippen LogP contribution in [0.1, 0.15) is 21.7 Å². The van der Waals surface area contributed by atoms with E-state index in [2.05, 4.69) is 10.4 Å². The minimum Gasteiger partial charge on any atom is -0.320 e. The van der Waals surface area contributed by atoms with Gasteiger partial charge < -0.3 is 5.32 Å². The summed E-state index contributed by atoms with van der Waals surface area (Å²) in [5.41, 5.74) is 0.0182. The SMILES string of the molecule is Cc1ccc(NC(=O)c2nn(-c3ccccc3F)c(C)cc2=O)cc1S(=O)(=O)N(C)C. The van der Waals surface area contributed by atoms with Gasteiger partial charge in [-0.15, -0.1) is 0 Å². The van der Waals surface area contributed by atoms with Crippen molar-refractivity contribution < 1.29 is 17.6 Å². The van der Waals surface area contributed by atoms with Gasteiger partial charge in [0.2, 0.25) is 15.5 Å². The van der Waals surface area contributed by atoms with Crippen LogP contribution in [-0.2, 0) is 10.0 Å². The first-order chi connectivity index (χ1) is 14.5. The fourth-order valence-corrected chi connectivity index (χ4v) is 4.06. The lowest BCUT2D eigenvalue weighted by Gasteiger charge is -2.15. The third-order valence-electron chi connectivity index (χ3n) is 4.61. The van der Waals surface area contributed by atoms with Gasteiger partial charge in [0.05, 0.1) is 4.90 Å². The average molecular weight is 444 g/mol. The molecule has 1 heterocycles. The van der Waals surface area contributed by atoms with Crippen molar-refractivity contribution in [2.45, 2.75) is 18.7 Å². The highest BCUT2D eigenvalue weighted by atomic mass is 32.2. The molecule has 3 aromatic rings. The number of rotatable bonds is 5. The number of sulfonamides is 1. The highest BCUT2D eigenvalue weighted by Gasteiger charge is 2.22. The maximum Gasteiger partial charge on any atom is 0.280 e. The number of hydrogen-bond acceptors (Lipinski definition) is 5. The summed E-state index contributed by atoms with van der Waals surface area (Å²) in [4.78, 5) is 25.2. The van der Waals surface area contributed by atoms with Gasteiger partial charge in [-0.25, -0.2) is 21.8 Å². The van der Waals surface area contributed by atoms with E-state index in [1.54, 1.807) is 26.0 Å². The predicted molar refractivity (Wildman–Crippen MR) is 115 cm³/mol. The molecule has 0 aliphatic rings. The maximum absolute atomic E-state index is 14.2. The number of hydrogen-bond donors (Lipinski definition) is 1. The monoisotopic (exact) mass is 444 g/mol. The quantitative estimate of drug-likeness (QED) is 0.652. The molecule has 0 fully saturated rings. The van der Waals surface area contributed by atoms with Crippen LogP contribution in [0, 0.1) is 19.7 Å². The van der Waals surface area contributed by atoms with Gasteiger partial charge in [-0.3, -0.25) is 9.59 Å². The third kappa shape index (κ3) is 4.39. The zero-order chi connectivity index (χ0) is 22.9. The second-order valence-corrected chi connectivity index (χ2v) is 9.20. The second kappa shape index (κ2) is 8.40. The van der Waals surface area contributed by atoms with E-state index in [1.165, 1.54) is 55.2 Å². The molecule has 0 atom stereocenters. The third-order valence-corrected chi connectivity index (χ3v) is 6.56. The van der Waals surface area contributed by atoms with Crippen LogP contribution in [0.3, 0.4) is 0 Å². The van der Waals surface area contributed by atoms with E-state index in [0.717, 1.165) is 4.31 Å². The predicted octanol–water partition coefficient (Wildman–Crippen LogP) is 2.49. The minimum atomic E-state index is -3.73. The first kappa shape index (κ1) is 22.3. The molecule has 8 nitrogen and oxygen atoms in total. The van der Waals surface area contributed by atoms with Crippen molar-refractivity contribution in [3.8, 4) is 5.69 Å². The summed E-state index contributed by atoms with van der Waals surface area (Å²) in [7, 11) is -0.925. The Morgan fingerprint density at radius 2 is 1.77 bits per heavy atom. The molecule has 162 valence electrons. The van der Waals surface area contributed by atoms with E-state index in [-0.39, 0.29) is 16.3 Å². The molecule has 0 saturated heterocycles. The summed E-state index contributed by atoms with van der Waals surface area (Å²) in [5, 5.41) is 6.54. The Hall–Kier alpha value is -3.37.